The Bertz CT molecular complexity index is 446. The minimum absolute atomic E-state index is 0.0604. The van der Waals surface area contributed by atoms with Crippen LogP contribution in [-0.4, -0.2) is 35.0 Å². The molecule has 0 aliphatic carbocycles. The van der Waals surface area contributed by atoms with Crippen molar-refractivity contribution >= 4 is 17.6 Å². The van der Waals surface area contributed by atoms with Crippen molar-refractivity contribution in [2.75, 3.05) is 18.4 Å². The molecule has 1 heterocycles. The molecule has 0 aliphatic rings. The molecule has 1 aromatic rings. The van der Waals surface area contributed by atoms with Gasteiger partial charge in [0.15, 0.2) is 5.82 Å². The van der Waals surface area contributed by atoms with Gasteiger partial charge in [0.2, 0.25) is 11.8 Å². The quantitative estimate of drug-likeness (QED) is 0.596. The average Bonchev–Trinajstić information content (AvgIpc) is 3.03. The van der Waals surface area contributed by atoms with Gasteiger partial charge in [-0.1, -0.05) is 51.1 Å². The Kier molecular flexibility index (Phi) is 9.75. The Hall–Kier alpha value is -1.85. The van der Waals surface area contributed by atoms with Crippen molar-refractivity contribution in [3.8, 4) is 0 Å². The number of nitrogens with zero attached hydrogens (tertiary/aromatic N) is 2. The Morgan fingerprint density at radius 1 is 1.13 bits per heavy atom. The van der Waals surface area contributed by atoms with E-state index in [0.717, 1.165) is 25.7 Å². The number of hydrogen-bond acceptors (Lipinski definition) is 4. The molecule has 0 atom stereocenters. The highest BCUT2D eigenvalue weighted by molar-refractivity contribution is 5.93. The number of nitrogens with one attached hydrogen (secondary N) is 1. The summed E-state index contributed by atoms with van der Waals surface area (Å²) in [6.07, 6.45) is 9.36. The smallest absolute Gasteiger partial charge is 0.245 e. The van der Waals surface area contributed by atoms with Crippen molar-refractivity contribution in [1.82, 2.24) is 10.1 Å². The van der Waals surface area contributed by atoms with Crippen LogP contribution in [0.5, 0.6) is 0 Å². The van der Waals surface area contributed by atoms with E-state index in [-0.39, 0.29) is 18.4 Å². The minimum Gasteiger partial charge on any atom is -0.363 e. The van der Waals surface area contributed by atoms with Crippen LogP contribution in [0.3, 0.4) is 0 Å². The van der Waals surface area contributed by atoms with Crippen molar-refractivity contribution in [3.63, 3.8) is 0 Å². The molecular formula is C17H29N3O3. The third-order valence-corrected chi connectivity index (χ3v) is 3.67. The van der Waals surface area contributed by atoms with E-state index in [2.05, 4.69) is 28.8 Å². The maximum absolute atomic E-state index is 12.3. The summed E-state index contributed by atoms with van der Waals surface area (Å²) in [6, 6.07) is 1.57. The Labute approximate surface area is 138 Å². The zero-order valence-electron chi connectivity index (χ0n) is 14.3. The summed E-state index contributed by atoms with van der Waals surface area (Å²) in [7, 11) is 0. The molecule has 0 unspecified atom stereocenters. The number of aromatic nitrogens is 1. The van der Waals surface area contributed by atoms with Gasteiger partial charge in [0.05, 0.1) is 6.54 Å². The summed E-state index contributed by atoms with van der Waals surface area (Å²) < 4.78 is 4.67. The summed E-state index contributed by atoms with van der Waals surface area (Å²) in [4.78, 5) is 26.0. The molecule has 0 radical (unpaired) electrons. The molecule has 0 aliphatic heterocycles. The minimum atomic E-state index is -0.241. The molecule has 0 bridgehead atoms. The lowest BCUT2D eigenvalue weighted by molar-refractivity contribution is -0.134. The first kappa shape index (κ1) is 19.2. The summed E-state index contributed by atoms with van der Waals surface area (Å²) >= 11 is 0. The van der Waals surface area contributed by atoms with Crippen LogP contribution in [0.2, 0.25) is 0 Å². The molecule has 1 N–H and O–H groups in total. The number of amides is 2. The number of carbonyl (C=O) groups excluding carboxylic acids is 2. The number of carbonyl (C=O) groups is 2. The maximum atomic E-state index is 12.3. The van der Waals surface area contributed by atoms with E-state index in [0.29, 0.717) is 18.8 Å². The van der Waals surface area contributed by atoms with Crippen LogP contribution in [0.15, 0.2) is 16.9 Å². The third-order valence-electron chi connectivity index (χ3n) is 3.67. The van der Waals surface area contributed by atoms with Crippen LogP contribution in [0.4, 0.5) is 5.82 Å². The van der Waals surface area contributed by atoms with Crippen molar-refractivity contribution in [2.45, 2.75) is 65.2 Å². The van der Waals surface area contributed by atoms with Gasteiger partial charge in [-0.25, -0.2) is 0 Å². The molecule has 2 amide bonds. The molecule has 0 aromatic carbocycles. The zero-order valence-corrected chi connectivity index (χ0v) is 14.3. The summed E-state index contributed by atoms with van der Waals surface area (Å²) in [5.41, 5.74) is 0. The predicted octanol–water partition coefficient (Wildman–Crippen LogP) is 3.60. The second-order valence-electron chi connectivity index (χ2n) is 5.77. The molecule has 23 heavy (non-hydrogen) atoms. The van der Waals surface area contributed by atoms with Gasteiger partial charge in [-0.3, -0.25) is 9.59 Å². The fourth-order valence-electron chi connectivity index (χ4n) is 2.31. The molecule has 0 saturated heterocycles. The number of rotatable bonds is 12. The second kappa shape index (κ2) is 11.7. The highest BCUT2D eigenvalue weighted by Crippen LogP contribution is 2.08. The van der Waals surface area contributed by atoms with Crippen molar-refractivity contribution < 1.29 is 14.1 Å². The number of hydrogen-bond donors (Lipinski definition) is 1. The van der Waals surface area contributed by atoms with Gasteiger partial charge in [0.25, 0.3) is 0 Å². The van der Waals surface area contributed by atoms with Gasteiger partial charge in [-0.2, -0.15) is 0 Å². The van der Waals surface area contributed by atoms with Crippen molar-refractivity contribution in [3.05, 3.63) is 12.3 Å². The highest BCUT2D eigenvalue weighted by atomic mass is 16.5. The normalized spacial score (nSPS) is 10.5. The molecular weight excluding hydrogens is 294 g/mol. The van der Waals surface area contributed by atoms with Crippen LogP contribution in [0.25, 0.3) is 0 Å². The van der Waals surface area contributed by atoms with E-state index in [1.165, 1.54) is 25.5 Å². The Morgan fingerprint density at radius 3 is 2.52 bits per heavy atom. The largest absolute Gasteiger partial charge is 0.363 e. The third kappa shape index (κ3) is 8.38. The monoisotopic (exact) mass is 323 g/mol. The fourth-order valence-corrected chi connectivity index (χ4v) is 2.31. The molecule has 0 saturated carbocycles. The summed E-state index contributed by atoms with van der Waals surface area (Å²) in [5, 5.41) is 6.27. The first-order chi connectivity index (χ1) is 11.2. The molecule has 0 spiro atoms. The van der Waals surface area contributed by atoms with Gasteiger partial charge in [-0.15, -0.1) is 0 Å². The second-order valence-corrected chi connectivity index (χ2v) is 5.77. The SMILES string of the molecule is CCCCCCCC(=O)N(CCCC)CC(=O)Nc1ccon1. The van der Waals surface area contributed by atoms with E-state index in [1.807, 2.05) is 0 Å². The van der Waals surface area contributed by atoms with Crippen LogP contribution in [-0.2, 0) is 9.59 Å². The van der Waals surface area contributed by atoms with Gasteiger partial charge in [0.1, 0.15) is 6.26 Å². The van der Waals surface area contributed by atoms with E-state index in [4.69, 9.17) is 0 Å². The molecule has 130 valence electrons. The topological polar surface area (TPSA) is 75.4 Å². The number of unbranched alkanes of at least 4 members (excludes halogenated alkanes) is 5. The van der Waals surface area contributed by atoms with Crippen molar-refractivity contribution in [1.29, 1.82) is 0 Å². The lowest BCUT2D eigenvalue weighted by atomic mass is 10.1. The average molecular weight is 323 g/mol. The van der Waals surface area contributed by atoms with Gasteiger partial charge in [-0.05, 0) is 12.8 Å². The van der Waals surface area contributed by atoms with Crippen LogP contribution in [0, 0.1) is 0 Å². The predicted molar refractivity (Wildman–Crippen MR) is 90.0 cm³/mol. The Morgan fingerprint density at radius 2 is 1.87 bits per heavy atom. The van der Waals surface area contributed by atoms with E-state index in [9.17, 15) is 9.59 Å². The summed E-state index contributed by atoms with van der Waals surface area (Å²) in [6.45, 7) is 4.94. The van der Waals surface area contributed by atoms with Crippen molar-refractivity contribution in [2.24, 2.45) is 0 Å². The molecule has 6 nitrogen and oxygen atoms in total. The van der Waals surface area contributed by atoms with E-state index < -0.39 is 0 Å². The number of anilines is 1. The van der Waals surface area contributed by atoms with Crippen LogP contribution in [0.1, 0.15) is 65.2 Å². The van der Waals surface area contributed by atoms with Gasteiger partial charge < -0.3 is 14.7 Å². The van der Waals surface area contributed by atoms with Crippen LogP contribution < -0.4 is 5.32 Å². The molecule has 1 rings (SSSR count). The van der Waals surface area contributed by atoms with Gasteiger partial charge >= 0.3 is 0 Å². The zero-order chi connectivity index (χ0) is 16.9. The fraction of sp³-hybridized carbons (Fsp3) is 0.706. The maximum Gasteiger partial charge on any atom is 0.245 e. The molecule has 6 heteroatoms. The first-order valence-corrected chi connectivity index (χ1v) is 8.65. The molecule has 0 fully saturated rings. The van der Waals surface area contributed by atoms with Crippen LogP contribution >= 0.6 is 0 Å². The van der Waals surface area contributed by atoms with E-state index in [1.54, 1.807) is 11.0 Å². The lowest BCUT2D eigenvalue weighted by Crippen LogP contribution is -2.38. The molecule has 1 aromatic heterocycles. The van der Waals surface area contributed by atoms with Gasteiger partial charge in [0, 0.05) is 19.0 Å². The summed E-state index contributed by atoms with van der Waals surface area (Å²) in [5.74, 6) is 0.192. The standard InChI is InChI=1S/C17H29N3O3/c1-3-5-7-8-9-10-17(22)20(12-6-4-2)14-16(21)18-15-11-13-23-19-15/h11,13H,3-10,12,14H2,1-2H3,(H,18,19,21). The van der Waals surface area contributed by atoms with E-state index >= 15 is 0 Å². The lowest BCUT2D eigenvalue weighted by Gasteiger charge is -2.21. The highest BCUT2D eigenvalue weighted by Gasteiger charge is 2.17. The first-order valence-electron chi connectivity index (χ1n) is 8.65. The Balaban J connectivity index is 2.40.